The van der Waals surface area contributed by atoms with Crippen LogP contribution < -0.4 is 15.8 Å². The third kappa shape index (κ3) is 9.53. The van der Waals surface area contributed by atoms with Crippen LogP contribution in [0.2, 0.25) is 0 Å². The van der Waals surface area contributed by atoms with Crippen LogP contribution in [0.1, 0.15) is 81.5 Å². The van der Waals surface area contributed by atoms with Gasteiger partial charge in [-0.3, -0.25) is 14.0 Å². The molecule has 6 aromatic rings. The summed E-state index contributed by atoms with van der Waals surface area (Å²) in [5.74, 6) is 7.23. The average molecular weight is 775 g/mol. The molecule has 2 atom stereocenters. The van der Waals surface area contributed by atoms with Crippen molar-refractivity contribution in [2.75, 3.05) is 18.9 Å². The fraction of sp³-hybridized carbons (Fsp3) is 0.333. The zero-order valence-corrected chi connectivity index (χ0v) is 32.8. The van der Waals surface area contributed by atoms with E-state index >= 15 is 0 Å². The zero-order valence-electron chi connectivity index (χ0n) is 32.0. The number of para-hydroxylation sites is 1. The van der Waals surface area contributed by atoms with Crippen molar-refractivity contribution in [1.29, 1.82) is 0 Å². The molecule has 2 aromatic carbocycles. The molecule has 4 N–H and O–H groups in total. The van der Waals surface area contributed by atoms with Gasteiger partial charge < -0.3 is 30.3 Å². The second kappa shape index (κ2) is 18.4. The Morgan fingerprint density at radius 2 is 1.93 bits per heavy atom. The number of aromatic hydroxyl groups is 1. The van der Waals surface area contributed by atoms with Gasteiger partial charge in [0.2, 0.25) is 17.6 Å². The van der Waals surface area contributed by atoms with E-state index in [2.05, 4.69) is 51.1 Å². The number of aromatic nitrogens is 5. The Morgan fingerprint density at radius 1 is 1.14 bits per heavy atom. The molecule has 14 heteroatoms. The highest BCUT2D eigenvalue weighted by Gasteiger charge is 2.35. The molecule has 1 fully saturated rings. The number of nitrogens with two attached hydrogens (primary N) is 1. The second-order valence-electron chi connectivity index (χ2n) is 13.5. The van der Waals surface area contributed by atoms with Gasteiger partial charge in [-0.2, -0.15) is 4.98 Å². The van der Waals surface area contributed by atoms with Crippen LogP contribution in [0.5, 0.6) is 11.6 Å². The van der Waals surface area contributed by atoms with Crippen molar-refractivity contribution in [3.8, 4) is 45.2 Å². The van der Waals surface area contributed by atoms with Crippen molar-refractivity contribution in [2.24, 2.45) is 0 Å². The Bertz CT molecular complexity index is 2340. The highest BCUT2D eigenvalue weighted by Crippen LogP contribution is 2.30. The Labute approximate surface area is 329 Å². The number of aryl methyl sites for hydroxylation is 1. The molecule has 4 aromatic heterocycles. The van der Waals surface area contributed by atoms with Crippen LogP contribution in [0, 0.1) is 18.8 Å². The van der Waals surface area contributed by atoms with Crippen LogP contribution in [0.4, 0.5) is 5.82 Å². The van der Waals surface area contributed by atoms with Crippen molar-refractivity contribution in [1.82, 2.24) is 34.7 Å². The average Bonchev–Trinajstić information content (AvgIpc) is 4.01. The molecular weight excluding hydrogens is 729 g/mol. The number of nitrogen functional groups attached to an aromatic ring is 1. The first-order valence-electron chi connectivity index (χ1n) is 18.8. The van der Waals surface area contributed by atoms with Gasteiger partial charge >= 0.3 is 0 Å². The fourth-order valence-corrected chi connectivity index (χ4v) is 7.09. The van der Waals surface area contributed by atoms with E-state index in [1.807, 2.05) is 49.7 Å². The van der Waals surface area contributed by atoms with Crippen molar-refractivity contribution in [3.63, 3.8) is 0 Å². The summed E-state index contributed by atoms with van der Waals surface area (Å²) < 4.78 is 12.8. The van der Waals surface area contributed by atoms with Crippen molar-refractivity contribution in [2.45, 2.75) is 78.3 Å². The topological polar surface area (TPSA) is 174 Å². The maximum atomic E-state index is 13.3. The minimum Gasteiger partial charge on any atom is -0.507 e. The Hall–Kier alpha value is -6.20. The third-order valence-corrected chi connectivity index (χ3v) is 10.1. The number of anilines is 1. The molecule has 5 heterocycles. The van der Waals surface area contributed by atoms with Gasteiger partial charge in [0.15, 0.2) is 0 Å². The highest BCUT2D eigenvalue weighted by molar-refractivity contribution is 7.13. The number of benzene rings is 2. The maximum Gasteiger partial charge on any atom is 0.254 e. The minimum atomic E-state index is -0.543. The summed E-state index contributed by atoms with van der Waals surface area (Å²) in [6.45, 7) is 9.03. The number of likely N-dealkylation sites (tertiary alicyclic amines) is 1. The minimum absolute atomic E-state index is 0.0235. The first-order valence-corrected chi connectivity index (χ1v) is 19.6. The van der Waals surface area contributed by atoms with Crippen LogP contribution in [0.3, 0.4) is 0 Å². The van der Waals surface area contributed by atoms with Crippen LogP contribution >= 0.6 is 11.3 Å². The Kier molecular flexibility index (Phi) is 13.0. The van der Waals surface area contributed by atoms with Crippen LogP contribution in [0.15, 0.2) is 77.0 Å². The van der Waals surface area contributed by atoms with Crippen molar-refractivity contribution >= 4 is 34.7 Å². The van der Waals surface area contributed by atoms with Crippen molar-refractivity contribution in [3.05, 3.63) is 95.1 Å². The molecule has 1 aliphatic rings. The summed E-state index contributed by atoms with van der Waals surface area (Å²) in [4.78, 5) is 42.5. The lowest BCUT2D eigenvalue weighted by molar-refractivity contribution is -0.138. The van der Waals surface area contributed by atoms with E-state index in [1.54, 1.807) is 57.3 Å². The summed E-state index contributed by atoms with van der Waals surface area (Å²) in [6.07, 6.45) is 7.25. The number of imidazole rings is 1. The molecule has 0 bridgehead atoms. The van der Waals surface area contributed by atoms with Gasteiger partial charge in [-0.1, -0.05) is 68.5 Å². The number of phenols is 1. The molecular formula is C42H46N8O5S. The smallest absolute Gasteiger partial charge is 0.254 e. The lowest BCUT2D eigenvalue weighted by Crippen LogP contribution is -2.47. The standard InChI is InChI=1S/C39H38N8O5S.C3H8/c1-24(26-13-15-27(16-14-26)36-25(2)41-23-53-36)42-38(50)32-11-8-17-47(32)35(49)20-29-19-34(45-52-29)51-18-7-3-4-9-28-21-46-22-31(43-39(46)44-37(28)40)30-10-5-6-12-33(30)48;1-3-2/h5-6,10,12-16,19,21-24,32,48H,3,7-8,11,17-18,20H2,1-2H3,(H,42,50)(H2,40,43,44);3H2,1-2H3. The Morgan fingerprint density at radius 3 is 2.68 bits per heavy atom. The lowest BCUT2D eigenvalue weighted by atomic mass is 10.0. The van der Waals surface area contributed by atoms with Gasteiger partial charge in [-0.05, 0) is 61.5 Å². The molecule has 2 unspecified atom stereocenters. The van der Waals surface area contributed by atoms with E-state index in [-0.39, 0.29) is 41.7 Å². The predicted octanol–water partition coefficient (Wildman–Crippen LogP) is 7.14. The largest absolute Gasteiger partial charge is 0.507 e. The fourth-order valence-electron chi connectivity index (χ4n) is 6.27. The molecule has 290 valence electrons. The molecule has 0 aliphatic carbocycles. The molecule has 0 spiro atoms. The zero-order chi connectivity index (χ0) is 39.6. The highest BCUT2D eigenvalue weighted by atomic mass is 32.1. The maximum absolute atomic E-state index is 13.3. The summed E-state index contributed by atoms with van der Waals surface area (Å²) in [5.41, 5.74) is 12.8. The Balaban J connectivity index is 0.00000172. The molecule has 1 aliphatic heterocycles. The molecule has 7 rings (SSSR count). The normalized spacial score (nSPS) is 14.1. The van der Waals surface area contributed by atoms with Gasteiger partial charge in [-0.15, -0.1) is 11.3 Å². The number of amides is 2. The van der Waals surface area contributed by atoms with Crippen LogP contribution in [-0.4, -0.2) is 65.5 Å². The molecule has 0 saturated carbocycles. The number of carbonyl (C=O) groups is 2. The molecule has 0 radical (unpaired) electrons. The van der Waals surface area contributed by atoms with E-state index in [0.717, 1.165) is 28.1 Å². The second-order valence-corrected chi connectivity index (χ2v) is 14.4. The van der Waals surface area contributed by atoms with Gasteiger partial charge in [0.25, 0.3) is 5.88 Å². The predicted molar refractivity (Wildman–Crippen MR) is 216 cm³/mol. The molecule has 56 heavy (non-hydrogen) atoms. The quantitative estimate of drug-likeness (QED) is 0.0907. The summed E-state index contributed by atoms with van der Waals surface area (Å²) >= 11 is 1.60. The number of ether oxygens (including phenoxy) is 1. The number of nitrogens with zero attached hydrogens (tertiary/aromatic N) is 6. The van der Waals surface area contributed by atoms with Crippen molar-refractivity contribution < 1.29 is 24.0 Å². The number of unbranched alkanes of at least 4 members (excludes halogenated alkanes) is 1. The first-order chi connectivity index (χ1) is 27.1. The number of thiazole rings is 1. The van der Waals surface area contributed by atoms with Crippen LogP contribution in [-0.2, 0) is 16.0 Å². The lowest BCUT2D eigenvalue weighted by Gasteiger charge is -2.25. The number of carbonyl (C=O) groups excluding carboxylic acids is 2. The molecule has 2 amide bonds. The number of nitrogens with one attached hydrogen (secondary N) is 1. The number of hydrogen-bond acceptors (Lipinski definition) is 11. The van der Waals surface area contributed by atoms with Gasteiger partial charge in [0, 0.05) is 37.0 Å². The van der Waals surface area contributed by atoms with E-state index < -0.39 is 6.04 Å². The summed E-state index contributed by atoms with van der Waals surface area (Å²) in [7, 11) is 0. The number of fused-ring (bicyclic) bond motifs is 1. The first kappa shape index (κ1) is 39.5. The van der Waals surface area contributed by atoms with E-state index in [9.17, 15) is 14.7 Å². The third-order valence-electron chi connectivity index (χ3n) is 9.09. The summed E-state index contributed by atoms with van der Waals surface area (Å²) in [6, 6.07) is 15.9. The van der Waals surface area contributed by atoms with E-state index in [1.165, 1.54) is 6.42 Å². The number of hydrogen-bond donors (Lipinski definition) is 3. The van der Waals surface area contributed by atoms with Gasteiger partial charge in [0.1, 0.15) is 23.4 Å². The summed E-state index contributed by atoms with van der Waals surface area (Å²) in [5, 5.41) is 17.2. The van der Waals surface area contributed by atoms with Gasteiger partial charge in [0.05, 0.1) is 46.4 Å². The monoisotopic (exact) mass is 774 g/mol. The number of phenolic OH excluding ortho intramolecular Hbond substituents is 1. The van der Waals surface area contributed by atoms with Crippen LogP contribution in [0.25, 0.3) is 27.5 Å². The SMILES string of the molecule is CCC.Cc1ncsc1-c1ccc(C(C)NC(=O)C2CCCN2C(=O)Cc2cc(OCCCC#Cc3cn4cc(-c5ccccc5O)nc4nc3N)no2)cc1. The van der Waals surface area contributed by atoms with E-state index in [4.69, 9.17) is 15.0 Å². The van der Waals surface area contributed by atoms with E-state index in [0.29, 0.717) is 60.8 Å². The molecule has 1 saturated heterocycles. The number of rotatable bonds is 11. The molecule has 13 nitrogen and oxygen atoms in total. The van der Waals surface area contributed by atoms with Gasteiger partial charge in [-0.25, -0.2) is 9.97 Å².